The summed E-state index contributed by atoms with van der Waals surface area (Å²) in [6, 6.07) is 1.24. The summed E-state index contributed by atoms with van der Waals surface area (Å²) in [7, 11) is 0. The molecule has 0 radical (unpaired) electrons. The van der Waals surface area contributed by atoms with Gasteiger partial charge < -0.3 is 15.9 Å². The Labute approximate surface area is 94.7 Å². The predicted octanol–water partition coefficient (Wildman–Crippen LogP) is 1.79. The van der Waals surface area contributed by atoms with E-state index in [2.05, 4.69) is 0 Å². The summed E-state index contributed by atoms with van der Waals surface area (Å²) < 4.78 is 0. The number of aromatic hydroxyl groups is 1. The highest BCUT2D eigenvalue weighted by molar-refractivity contribution is 5.68. The molecule has 0 bridgehead atoms. The third-order valence-electron chi connectivity index (χ3n) is 2.76. The van der Waals surface area contributed by atoms with E-state index in [0.29, 0.717) is 5.56 Å². The van der Waals surface area contributed by atoms with Gasteiger partial charge in [-0.25, -0.2) is 0 Å². The van der Waals surface area contributed by atoms with Crippen LogP contribution in [0.25, 0.3) is 0 Å². The average Bonchev–Trinajstić information content (AvgIpc) is 2.13. The van der Waals surface area contributed by atoms with Gasteiger partial charge in [-0.15, -0.1) is 0 Å². The average molecular weight is 223 g/mol. The molecule has 1 unspecified atom stereocenters. The summed E-state index contributed by atoms with van der Waals surface area (Å²) in [4.78, 5) is 10.6. The zero-order valence-corrected chi connectivity index (χ0v) is 9.74. The van der Waals surface area contributed by atoms with E-state index in [1.165, 1.54) is 0 Å². The van der Waals surface area contributed by atoms with Crippen LogP contribution in [-0.2, 0) is 4.79 Å². The number of aryl methyl sites for hydroxylation is 2. The molecule has 0 aliphatic rings. The van der Waals surface area contributed by atoms with Gasteiger partial charge >= 0.3 is 5.97 Å². The molecule has 1 atom stereocenters. The number of phenolic OH excluding ortho intramolecular Hbond substituents is 1. The first-order chi connectivity index (χ1) is 7.34. The zero-order valence-electron chi connectivity index (χ0n) is 9.74. The molecule has 0 aliphatic carbocycles. The highest BCUT2D eigenvalue weighted by Crippen LogP contribution is 2.31. The molecule has 0 saturated carbocycles. The highest BCUT2D eigenvalue weighted by atomic mass is 16.4. The number of nitrogens with two attached hydrogens (primary N) is 1. The lowest BCUT2D eigenvalue weighted by molar-refractivity contribution is -0.137. The van der Waals surface area contributed by atoms with Gasteiger partial charge in [0, 0.05) is 6.04 Å². The summed E-state index contributed by atoms with van der Waals surface area (Å²) in [5.41, 5.74) is 8.92. The summed E-state index contributed by atoms with van der Waals surface area (Å²) >= 11 is 0. The van der Waals surface area contributed by atoms with Crippen LogP contribution in [0.5, 0.6) is 5.75 Å². The molecule has 88 valence electrons. The lowest BCUT2D eigenvalue weighted by Crippen LogP contribution is -2.17. The van der Waals surface area contributed by atoms with Crippen LogP contribution in [0.4, 0.5) is 0 Å². The van der Waals surface area contributed by atoms with Crippen molar-refractivity contribution in [2.45, 2.75) is 33.2 Å². The maximum absolute atomic E-state index is 10.6. The second-order valence-corrected chi connectivity index (χ2v) is 4.10. The van der Waals surface area contributed by atoms with Gasteiger partial charge in [-0.05, 0) is 43.0 Å². The first-order valence-corrected chi connectivity index (χ1v) is 5.11. The van der Waals surface area contributed by atoms with Crippen LogP contribution in [0, 0.1) is 20.8 Å². The van der Waals surface area contributed by atoms with Crippen molar-refractivity contribution < 1.29 is 15.0 Å². The van der Waals surface area contributed by atoms with Gasteiger partial charge in [0.25, 0.3) is 0 Å². The minimum absolute atomic E-state index is 0.135. The molecule has 0 aromatic heterocycles. The van der Waals surface area contributed by atoms with E-state index >= 15 is 0 Å². The van der Waals surface area contributed by atoms with E-state index < -0.39 is 12.0 Å². The molecule has 0 saturated heterocycles. The minimum Gasteiger partial charge on any atom is -0.507 e. The zero-order chi connectivity index (χ0) is 12.5. The predicted molar refractivity (Wildman–Crippen MR) is 61.5 cm³/mol. The Bertz CT molecular complexity index is 427. The molecule has 0 heterocycles. The summed E-state index contributed by atoms with van der Waals surface area (Å²) in [6.07, 6.45) is -0.135. The van der Waals surface area contributed by atoms with Crippen molar-refractivity contribution in [3.63, 3.8) is 0 Å². The monoisotopic (exact) mass is 223 g/mol. The molecule has 1 aromatic carbocycles. The lowest BCUT2D eigenvalue weighted by Gasteiger charge is -2.18. The van der Waals surface area contributed by atoms with Crippen molar-refractivity contribution >= 4 is 5.97 Å². The number of carboxylic acids is 1. The molecule has 0 fully saturated rings. The van der Waals surface area contributed by atoms with Gasteiger partial charge in [0.05, 0.1) is 6.42 Å². The van der Waals surface area contributed by atoms with Gasteiger partial charge in [0.2, 0.25) is 0 Å². The van der Waals surface area contributed by atoms with E-state index in [9.17, 15) is 9.90 Å². The number of aliphatic carboxylic acids is 1. The molecule has 0 amide bonds. The third kappa shape index (κ3) is 2.33. The first kappa shape index (κ1) is 12.5. The fourth-order valence-electron chi connectivity index (χ4n) is 2.05. The Morgan fingerprint density at radius 2 is 1.94 bits per heavy atom. The van der Waals surface area contributed by atoms with Crippen molar-refractivity contribution in [2.24, 2.45) is 5.73 Å². The number of phenols is 1. The summed E-state index contributed by atoms with van der Waals surface area (Å²) in [5, 5.41) is 18.5. The van der Waals surface area contributed by atoms with Gasteiger partial charge in [0.15, 0.2) is 0 Å². The number of hydrogen-bond acceptors (Lipinski definition) is 3. The van der Waals surface area contributed by atoms with E-state index in [0.717, 1.165) is 16.7 Å². The van der Waals surface area contributed by atoms with Crippen molar-refractivity contribution in [1.82, 2.24) is 0 Å². The van der Waals surface area contributed by atoms with Gasteiger partial charge in [-0.2, -0.15) is 0 Å². The molecule has 16 heavy (non-hydrogen) atoms. The molecule has 4 N–H and O–H groups in total. The molecule has 0 spiro atoms. The number of benzene rings is 1. The van der Waals surface area contributed by atoms with E-state index in [-0.39, 0.29) is 12.2 Å². The quantitative estimate of drug-likeness (QED) is 0.729. The normalized spacial score (nSPS) is 12.5. The fraction of sp³-hybridized carbons (Fsp3) is 0.417. The second kappa shape index (κ2) is 4.53. The van der Waals surface area contributed by atoms with Gasteiger partial charge in [-0.3, -0.25) is 4.79 Å². The van der Waals surface area contributed by atoms with Crippen LogP contribution in [0.15, 0.2) is 6.07 Å². The largest absolute Gasteiger partial charge is 0.507 e. The minimum atomic E-state index is -0.939. The Kier molecular flexibility index (Phi) is 3.55. The second-order valence-electron chi connectivity index (χ2n) is 4.10. The van der Waals surface area contributed by atoms with E-state index in [1.807, 2.05) is 19.9 Å². The van der Waals surface area contributed by atoms with Crippen molar-refractivity contribution in [2.75, 3.05) is 0 Å². The number of hydrogen-bond donors (Lipinski definition) is 3. The fourth-order valence-corrected chi connectivity index (χ4v) is 2.05. The number of carbonyl (C=O) groups is 1. The van der Waals surface area contributed by atoms with Crippen molar-refractivity contribution in [3.05, 3.63) is 28.3 Å². The van der Waals surface area contributed by atoms with Crippen LogP contribution >= 0.6 is 0 Å². The topological polar surface area (TPSA) is 83.6 Å². The summed E-state index contributed by atoms with van der Waals surface area (Å²) in [5.74, 6) is -0.743. The molecule has 1 rings (SSSR count). The van der Waals surface area contributed by atoms with E-state index in [4.69, 9.17) is 10.8 Å². The van der Waals surface area contributed by atoms with Crippen LogP contribution in [0.3, 0.4) is 0 Å². The Morgan fingerprint density at radius 1 is 1.38 bits per heavy atom. The van der Waals surface area contributed by atoms with Gasteiger partial charge in [-0.1, -0.05) is 6.07 Å². The Morgan fingerprint density at radius 3 is 2.44 bits per heavy atom. The molecule has 0 aliphatic heterocycles. The first-order valence-electron chi connectivity index (χ1n) is 5.11. The molecule has 4 heteroatoms. The van der Waals surface area contributed by atoms with Crippen LogP contribution in [0.2, 0.25) is 0 Å². The molecule has 4 nitrogen and oxygen atoms in total. The Balaban J connectivity index is 3.23. The van der Waals surface area contributed by atoms with Crippen molar-refractivity contribution in [1.29, 1.82) is 0 Å². The van der Waals surface area contributed by atoms with Crippen LogP contribution in [-0.4, -0.2) is 16.2 Å². The summed E-state index contributed by atoms with van der Waals surface area (Å²) in [6.45, 7) is 5.44. The smallest absolute Gasteiger partial charge is 0.305 e. The maximum atomic E-state index is 10.6. The van der Waals surface area contributed by atoms with Gasteiger partial charge in [0.1, 0.15) is 5.75 Å². The van der Waals surface area contributed by atoms with Crippen LogP contribution in [0.1, 0.15) is 34.7 Å². The number of carboxylic acid groups (broad SMARTS) is 1. The SMILES string of the molecule is Cc1cc(C)c(C(N)CC(=O)O)c(C)c1O. The molecule has 1 aromatic rings. The Hall–Kier alpha value is -1.55. The van der Waals surface area contributed by atoms with Crippen molar-refractivity contribution in [3.8, 4) is 5.75 Å². The lowest BCUT2D eigenvalue weighted by atomic mass is 9.92. The maximum Gasteiger partial charge on any atom is 0.305 e. The third-order valence-corrected chi connectivity index (χ3v) is 2.76. The number of rotatable bonds is 3. The molecular weight excluding hydrogens is 206 g/mol. The highest BCUT2D eigenvalue weighted by Gasteiger charge is 2.18. The van der Waals surface area contributed by atoms with E-state index in [1.54, 1.807) is 6.92 Å². The standard InChI is InChI=1S/C12H17NO3/c1-6-4-7(2)12(16)8(3)11(6)9(13)5-10(14)15/h4,9,16H,5,13H2,1-3H3,(H,14,15). The molecular formula is C12H17NO3. The van der Waals surface area contributed by atoms with Crippen LogP contribution < -0.4 is 5.73 Å².